The lowest BCUT2D eigenvalue weighted by Crippen LogP contribution is -2.38. The molecule has 1 fully saturated rings. The zero-order valence-corrected chi connectivity index (χ0v) is 12.4. The van der Waals surface area contributed by atoms with Gasteiger partial charge in [0.15, 0.2) is 0 Å². The zero-order valence-electron chi connectivity index (χ0n) is 10.8. The van der Waals surface area contributed by atoms with Crippen molar-refractivity contribution in [2.45, 2.75) is 23.8 Å². The largest absolute Gasteiger partial charge is 0.497 e. The van der Waals surface area contributed by atoms with E-state index in [1.54, 1.807) is 17.8 Å². The van der Waals surface area contributed by atoms with Crippen molar-refractivity contribution in [2.75, 3.05) is 24.3 Å². The van der Waals surface area contributed by atoms with Gasteiger partial charge in [0.1, 0.15) is 10.6 Å². The summed E-state index contributed by atoms with van der Waals surface area (Å²) in [6, 6.07) is 4.59. The molecule has 2 rings (SSSR count). The second kappa shape index (κ2) is 6.02. The van der Waals surface area contributed by atoms with Crippen LogP contribution in [0.5, 0.6) is 5.75 Å². The lowest BCUT2D eigenvalue weighted by molar-refractivity contribution is 0.414. The van der Waals surface area contributed by atoms with Crippen molar-refractivity contribution in [2.24, 2.45) is 0 Å². The predicted molar refractivity (Wildman–Crippen MR) is 78.1 cm³/mol. The molecule has 1 aromatic rings. The van der Waals surface area contributed by atoms with E-state index in [9.17, 15) is 8.42 Å². The van der Waals surface area contributed by atoms with Crippen LogP contribution in [-0.4, -0.2) is 33.1 Å². The molecule has 7 heteroatoms. The summed E-state index contributed by atoms with van der Waals surface area (Å²) >= 11 is 1.77. The lowest BCUT2D eigenvalue weighted by Gasteiger charge is -2.22. The summed E-state index contributed by atoms with van der Waals surface area (Å²) < 4.78 is 32.3. The number of hydrogen-bond acceptors (Lipinski definition) is 5. The van der Waals surface area contributed by atoms with Gasteiger partial charge in [0.05, 0.1) is 12.8 Å². The SMILES string of the molecule is COc1ccc(S(=O)(=O)NC2CCCSC2)c(N)c1. The molecule has 5 nitrogen and oxygen atoms in total. The number of methoxy groups -OCH3 is 1. The van der Waals surface area contributed by atoms with Crippen LogP contribution >= 0.6 is 11.8 Å². The molecule has 0 aliphatic carbocycles. The highest BCUT2D eigenvalue weighted by atomic mass is 32.2. The van der Waals surface area contributed by atoms with E-state index in [-0.39, 0.29) is 16.6 Å². The number of thioether (sulfide) groups is 1. The summed E-state index contributed by atoms with van der Waals surface area (Å²) in [5.74, 6) is 2.46. The Bertz CT molecular complexity index is 540. The summed E-state index contributed by atoms with van der Waals surface area (Å²) in [6.07, 6.45) is 1.91. The normalized spacial score (nSPS) is 20.2. The van der Waals surface area contributed by atoms with Crippen molar-refractivity contribution in [1.82, 2.24) is 4.72 Å². The van der Waals surface area contributed by atoms with E-state index in [4.69, 9.17) is 10.5 Å². The zero-order chi connectivity index (χ0) is 13.9. The third-order valence-corrected chi connectivity index (χ3v) is 5.80. The molecule has 1 heterocycles. The third-order valence-electron chi connectivity index (χ3n) is 2.99. The summed E-state index contributed by atoms with van der Waals surface area (Å²) in [5.41, 5.74) is 5.99. The van der Waals surface area contributed by atoms with Gasteiger partial charge < -0.3 is 10.5 Å². The summed E-state index contributed by atoms with van der Waals surface area (Å²) in [4.78, 5) is 0.115. The van der Waals surface area contributed by atoms with Gasteiger partial charge >= 0.3 is 0 Å². The molecule has 1 aliphatic rings. The first kappa shape index (κ1) is 14.5. The average Bonchev–Trinajstić information content (AvgIpc) is 2.38. The molecule has 0 bridgehead atoms. The quantitative estimate of drug-likeness (QED) is 0.823. The first-order valence-corrected chi connectivity index (χ1v) is 8.70. The van der Waals surface area contributed by atoms with Crippen molar-refractivity contribution in [3.63, 3.8) is 0 Å². The van der Waals surface area contributed by atoms with Crippen LogP contribution in [0, 0.1) is 0 Å². The van der Waals surface area contributed by atoms with E-state index in [0.717, 1.165) is 24.3 Å². The number of benzene rings is 1. The van der Waals surface area contributed by atoms with Crippen molar-refractivity contribution in [3.8, 4) is 5.75 Å². The average molecular weight is 302 g/mol. The number of nitrogens with one attached hydrogen (secondary N) is 1. The molecule has 0 aromatic heterocycles. The van der Waals surface area contributed by atoms with Gasteiger partial charge in [-0.15, -0.1) is 0 Å². The van der Waals surface area contributed by atoms with Crippen molar-refractivity contribution >= 4 is 27.5 Å². The number of ether oxygens (including phenoxy) is 1. The molecule has 1 aliphatic heterocycles. The summed E-state index contributed by atoms with van der Waals surface area (Å²) in [7, 11) is -2.05. The van der Waals surface area contributed by atoms with Gasteiger partial charge in [-0.3, -0.25) is 0 Å². The second-order valence-electron chi connectivity index (χ2n) is 4.44. The molecule has 0 amide bonds. The van der Waals surface area contributed by atoms with E-state index in [2.05, 4.69) is 4.72 Å². The Hall–Kier alpha value is -0.920. The van der Waals surface area contributed by atoms with Crippen LogP contribution in [0.3, 0.4) is 0 Å². The molecular weight excluding hydrogens is 284 g/mol. The smallest absolute Gasteiger partial charge is 0.242 e. The van der Waals surface area contributed by atoms with E-state index < -0.39 is 10.0 Å². The number of sulfonamides is 1. The maximum atomic E-state index is 12.3. The molecule has 3 N–H and O–H groups in total. The van der Waals surface area contributed by atoms with Crippen molar-refractivity contribution < 1.29 is 13.2 Å². The minimum Gasteiger partial charge on any atom is -0.497 e. The Morgan fingerprint density at radius 1 is 1.47 bits per heavy atom. The number of rotatable bonds is 4. The Morgan fingerprint density at radius 2 is 2.26 bits per heavy atom. The molecule has 106 valence electrons. The van der Waals surface area contributed by atoms with Gasteiger partial charge in [-0.25, -0.2) is 13.1 Å². The number of nitrogens with two attached hydrogens (primary N) is 1. The van der Waals surface area contributed by atoms with Crippen molar-refractivity contribution in [3.05, 3.63) is 18.2 Å². The molecule has 1 atom stereocenters. The minimum atomic E-state index is -3.56. The minimum absolute atomic E-state index is 0.00903. The molecule has 1 aromatic carbocycles. The Labute approximate surface area is 118 Å². The second-order valence-corrected chi connectivity index (χ2v) is 7.27. The van der Waals surface area contributed by atoms with Crippen LogP contribution in [0.4, 0.5) is 5.69 Å². The van der Waals surface area contributed by atoms with Crippen LogP contribution in [0.25, 0.3) is 0 Å². The summed E-state index contributed by atoms with van der Waals surface area (Å²) in [5, 5.41) is 0. The fourth-order valence-electron chi connectivity index (χ4n) is 2.01. The number of nitrogen functional groups attached to an aromatic ring is 1. The first-order valence-electron chi connectivity index (χ1n) is 6.06. The summed E-state index contributed by atoms with van der Waals surface area (Å²) in [6.45, 7) is 0. The van der Waals surface area contributed by atoms with E-state index in [1.165, 1.54) is 19.2 Å². The first-order chi connectivity index (χ1) is 9.03. The lowest BCUT2D eigenvalue weighted by atomic mass is 10.2. The van der Waals surface area contributed by atoms with E-state index in [0.29, 0.717) is 5.75 Å². The van der Waals surface area contributed by atoms with Crippen LogP contribution in [0.2, 0.25) is 0 Å². The molecule has 0 spiro atoms. The molecule has 1 unspecified atom stereocenters. The van der Waals surface area contributed by atoms with Gasteiger partial charge in [0, 0.05) is 17.9 Å². The Balaban J connectivity index is 2.18. The highest BCUT2D eigenvalue weighted by Gasteiger charge is 2.23. The van der Waals surface area contributed by atoms with Crippen molar-refractivity contribution in [1.29, 1.82) is 0 Å². The maximum absolute atomic E-state index is 12.3. The highest BCUT2D eigenvalue weighted by Crippen LogP contribution is 2.25. The molecule has 19 heavy (non-hydrogen) atoms. The van der Waals surface area contributed by atoms with Gasteiger partial charge in [0.2, 0.25) is 10.0 Å². The Morgan fingerprint density at radius 3 is 2.84 bits per heavy atom. The van der Waals surface area contributed by atoms with Gasteiger partial charge in [-0.1, -0.05) is 0 Å². The molecular formula is C12H18N2O3S2. The number of hydrogen-bond donors (Lipinski definition) is 2. The maximum Gasteiger partial charge on any atom is 0.242 e. The molecule has 0 radical (unpaired) electrons. The van der Waals surface area contributed by atoms with Crippen LogP contribution < -0.4 is 15.2 Å². The fraction of sp³-hybridized carbons (Fsp3) is 0.500. The molecule has 1 saturated heterocycles. The number of anilines is 1. The Kier molecular flexibility index (Phi) is 4.59. The van der Waals surface area contributed by atoms with Gasteiger partial charge in [0.25, 0.3) is 0 Å². The van der Waals surface area contributed by atoms with Crippen LogP contribution in [-0.2, 0) is 10.0 Å². The van der Waals surface area contributed by atoms with Crippen LogP contribution in [0.1, 0.15) is 12.8 Å². The highest BCUT2D eigenvalue weighted by molar-refractivity contribution is 7.99. The standard InChI is InChI=1S/C12H18N2O3S2/c1-17-10-4-5-12(11(13)7-10)19(15,16)14-9-3-2-6-18-8-9/h4-5,7,9,14H,2-3,6,8,13H2,1H3. The molecule has 0 saturated carbocycles. The predicted octanol–water partition coefficient (Wildman–Crippen LogP) is 1.45. The third kappa shape index (κ3) is 3.55. The topological polar surface area (TPSA) is 81.4 Å². The van der Waals surface area contributed by atoms with Crippen LogP contribution in [0.15, 0.2) is 23.1 Å². The van der Waals surface area contributed by atoms with Gasteiger partial charge in [-0.2, -0.15) is 11.8 Å². The van der Waals surface area contributed by atoms with E-state index in [1.807, 2.05) is 0 Å². The monoisotopic (exact) mass is 302 g/mol. The fourth-order valence-corrected chi connectivity index (χ4v) is 4.58. The van der Waals surface area contributed by atoms with E-state index >= 15 is 0 Å². The van der Waals surface area contributed by atoms with Gasteiger partial charge in [-0.05, 0) is 30.7 Å².